The van der Waals surface area contributed by atoms with E-state index in [2.05, 4.69) is 20.3 Å². The molecule has 0 radical (unpaired) electrons. The van der Waals surface area contributed by atoms with Crippen LogP contribution in [-0.4, -0.2) is 43.2 Å². The molecule has 2 aromatic heterocycles. The number of aromatic amines is 2. The van der Waals surface area contributed by atoms with Crippen LogP contribution in [0.4, 0.5) is 11.4 Å². The van der Waals surface area contributed by atoms with Crippen LogP contribution in [0.25, 0.3) is 21.9 Å². The first-order chi connectivity index (χ1) is 21.9. The molecule has 2 heterocycles. The number of imidazole rings is 1. The van der Waals surface area contributed by atoms with Gasteiger partial charge in [-0.05, 0) is 82.6 Å². The Kier molecular flexibility index (Phi) is 7.69. The van der Waals surface area contributed by atoms with Crippen molar-refractivity contribution in [3.05, 3.63) is 120 Å². The summed E-state index contributed by atoms with van der Waals surface area (Å²) in [5.74, 6) is -0.536. The average molecular weight is 614 g/mol. The molecule has 6 aromatic rings. The van der Waals surface area contributed by atoms with Crippen molar-refractivity contribution >= 4 is 50.9 Å². The molecule has 9 nitrogen and oxygen atoms in total. The highest BCUT2D eigenvalue weighted by Gasteiger charge is 2.34. The highest BCUT2D eigenvalue weighted by molar-refractivity contribution is 6.22. The Morgan fingerprint density at radius 3 is 2.22 bits per heavy atom. The van der Waals surface area contributed by atoms with Gasteiger partial charge in [0.1, 0.15) is 5.60 Å². The zero-order valence-electron chi connectivity index (χ0n) is 26.3. The Morgan fingerprint density at radius 2 is 1.52 bits per heavy atom. The fraction of sp³-hybridized carbons (Fsp3) is 0.189. The molecule has 0 spiro atoms. The van der Waals surface area contributed by atoms with E-state index in [0.717, 1.165) is 22.0 Å². The van der Waals surface area contributed by atoms with Crippen LogP contribution in [0.15, 0.2) is 102 Å². The van der Waals surface area contributed by atoms with E-state index >= 15 is 0 Å². The third-order valence-corrected chi connectivity index (χ3v) is 7.66. The number of H-pyrrole nitrogens is 2. The van der Waals surface area contributed by atoms with E-state index < -0.39 is 11.0 Å². The smallest absolute Gasteiger partial charge is 0.316 e. The number of aromatic nitrogens is 3. The van der Waals surface area contributed by atoms with Crippen molar-refractivity contribution in [1.29, 1.82) is 0 Å². The predicted octanol–water partition coefficient (Wildman–Crippen LogP) is 7.79. The predicted molar refractivity (Wildman–Crippen MR) is 181 cm³/mol. The largest absolute Gasteiger partial charge is 0.494 e. The number of anilines is 1. The number of nitrogens with zero attached hydrogens (tertiary/aromatic N) is 2. The Morgan fingerprint density at radius 1 is 0.826 bits per heavy atom. The van der Waals surface area contributed by atoms with E-state index in [1.165, 1.54) is 0 Å². The minimum atomic E-state index is -0.857. The van der Waals surface area contributed by atoms with E-state index in [4.69, 9.17) is 9.73 Å². The first-order valence-corrected chi connectivity index (χ1v) is 15.0. The van der Waals surface area contributed by atoms with Crippen LogP contribution in [0.3, 0.4) is 0 Å². The minimum absolute atomic E-state index is 0.0546. The number of carbonyl (C=O) groups excluding carboxylic acids is 2. The zero-order valence-corrected chi connectivity index (χ0v) is 26.3. The summed E-state index contributed by atoms with van der Waals surface area (Å²) in [6, 6.07) is 29.8. The number of rotatable bonds is 7. The SMILES string of the molecule is CC(C)(C)OC(=O)C(C)(C)c1ccc(N=C(c2ccccc2)c2c(O)[nH]c3cc(NC(=O)c4nc5ccccc5[nH]4)ccc23)cc1. The maximum absolute atomic E-state index is 13.0. The van der Waals surface area contributed by atoms with Crippen LogP contribution in [0, 0.1) is 0 Å². The summed E-state index contributed by atoms with van der Waals surface area (Å²) in [5.41, 5.74) is 4.51. The lowest BCUT2D eigenvalue weighted by atomic mass is 9.84. The van der Waals surface area contributed by atoms with Crippen molar-refractivity contribution in [3.63, 3.8) is 0 Å². The highest BCUT2D eigenvalue weighted by Crippen LogP contribution is 2.34. The standard InChI is InChI=1S/C37H35N5O4/c1-36(2,3)46-35(45)37(4,5)23-15-17-24(18-16-23)38-31(22-11-7-6-8-12-22)30-26-20-19-25(21-29(26)42-33(30)43)39-34(44)32-40-27-13-9-10-14-28(27)41-32/h6-21,42-43H,1-5H3,(H,39,44)(H,40,41). The number of fused-ring (bicyclic) bond motifs is 2. The Bertz CT molecular complexity index is 2070. The van der Waals surface area contributed by atoms with Crippen molar-refractivity contribution in [3.8, 4) is 5.88 Å². The van der Waals surface area contributed by atoms with Gasteiger partial charge in [-0.15, -0.1) is 0 Å². The quantitative estimate of drug-likeness (QED) is 0.108. The van der Waals surface area contributed by atoms with Gasteiger partial charge >= 0.3 is 5.97 Å². The van der Waals surface area contributed by atoms with Gasteiger partial charge in [0.25, 0.3) is 5.91 Å². The lowest BCUT2D eigenvalue weighted by Crippen LogP contribution is -2.36. The molecular weight excluding hydrogens is 578 g/mol. The van der Waals surface area contributed by atoms with Gasteiger partial charge in [-0.1, -0.05) is 54.6 Å². The molecule has 0 aliphatic heterocycles. The Labute approximate surface area is 266 Å². The average Bonchev–Trinajstić information content (AvgIpc) is 3.60. The molecule has 0 saturated heterocycles. The van der Waals surface area contributed by atoms with Crippen molar-refractivity contribution in [2.24, 2.45) is 4.99 Å². The number of ether oxygens (including phenoxy) is 1. The van der Waals surface area contributed by atoms with Crippen molar-refractivity contribution in [2.75, 3.05) is 5.32 Å². The number of nitrogens with one attached hydrogen (secondary N) is 3. The van der Waals surface area contributed by atoms with E-state index in [1.54, 1.807) is 12.1 Å². The van der Waals surface area contributed by atoms with Gasteiger partial charge in [0.15, 0.2) is 11.7 Å². The molecule has 46 heavy (non-hydrogen) atoms. The summed E-state index contributed by atoms with van der Waals surface area (Å²) in [6.45, 7) is 9.23. The maximum Gasteiger partial charge on any atom is 0.316 e. The third-order valence-electron chi connectivity index (χ3n) is 7.66. The van der Waals surface area contributed by atoms with Gasteiger partial charge in [-0.3, -0.25) is 9.59 Å². The normalized spacial score (nSPS) is 12.4. The second-order valence-corrected chi connectivity index (χ2v) is 12.7. The molecule has 0 saturated carbocycles. The number of aliphatic imine (C=N–C) groups is 1. The van der Waals surface area contributed by atoms with Crippen molar-refractivity contribution in [2.45, 2.75) is 45.6 Å². The molecule has 9 heteroatoms. The maximum atomic E-state index is 13.0. The van der Waals surface area contributed by atoms with Gasteiger partial charge in [-0.2, -0.15) is 0 Å². The number of amides is 1. The molecule has 4 N–H and O–H groups in total. The van der Waals surface area contributed by atoms with Gasteiger partial charge < -0.3 is 25.1 Å². The van der Waals surface area contributed by atoms with Crippen LogP contribution in [0.2, 0.25) is 0 Å². The number of para-hydroxylation sites is 2. The fourth-order valence-electron chi connectivity index (χ4n) is 5.22. The van der Waals surface area contributed by atoms with E-state index in [1.807, 2.05) is 120 Å². The van der Waals surface area contributed by atoms with Gasteiger partial charge in [0.2, 0.25) is 0 Å². The van der Waals surface area contributed by atoms with Crippen LogP contribution in [0.5, 0.6) is 5.88 Å². The Hall–Kier alpha value is -5.70. The van der Waals surface area contributed by atoms with E-state index in [0.29, 0.717) is 33.7 Å². The topological polar surface area (TPSA) is 132 Å². The van der Waals surface area contributed by atoms with Crippen molar-refractivity contribution < 1.29 is 19.4 Å². The fourth-order valence-corrected chi connectivity index (χ4v) is 5.22. The monoisotopic (exact) mass is 613 g/mol. The van der Waals surface area contributed by atoms with Crippen LogP contribution in [-0.2, 0) is 14.9 Å². The molecular formula is C37H35N5O4. The molecule has 0 atom stereocenters. The van der Waals surface area contributed by atoms with Gasteiger partial charge in [-0.25, -0.2) is 9.98 Å². The summed E-state index contributed by atoms with van der Waals surface area (Å²) in [4.78, 5) is 41.3. The van der Waals surface area contributed by atoms with Crippen LogP contribution >= 0.6 is 0 Å². The van der Waals surface area contributed by atoms with Crippen LogP contribution in [0.1, 0.15) is 61.9 Å². The molecule has 0 fully saturated rings. The van der Waals surface area contributed by atoms with Crippen molar-refractivity contribution in [1.82, 2.24) is 15.0 Å². The molecule has 0 unspecified atom stereocenters. The molecule has 0 bridgehead atoms. The van der Waals surface area contributed by atoms with Crippen LogP contribution < -0.4 is 5.32 Å². The summed E-state index contributed by atoms with van der Waals surface area (Å²) >= 11 is 0. The highest BCUT2D eigenvalue weighted by atomic mass is 16.6. The number of hydrogen-bond acceptors (Lipinski definition) is 6. The number of hydrogen-bond donors (Lipinski definition) is 4. The molecule has 0 aliphatic rings. The summed E-state index contributed by atoms with van der Waals surface area (Å²) in [6.07, 6.45) is 0. The lowest BCUT2D eigenvalue weighted by molar-refractivity contribution is -0.160. The van der Waals surface area contributed by atoms with E-state index in [-0.39, 0.29) is 23.6 Å². The minimum Gasteiger partial charge on any atom is -0.494 e. The number of carbonyl (C=O) groups is 2. The first kappa shape index (κ1) is 30.3. The number of esters is 1. The molecule has 0 aliphatic carbocycles. The Balaban J connectivity index is 1.33. The summed E-state index contributed by atoms with van der Waals surface area (Å²) < 4.78 is 5.65. The summed E-state index contributed by atoms with van der Waals surface area (Å²) in [7, 11) is 0. The van der Waals surface area contributed by atoms with Gasteiger partial charge in [0, 0.05) is 16.6 Å². The summed E-state index contributed by atoms with van der Waals surface area (Å²) in [5, 5.41) is 14.8. The lowest BCUT2D eigenvalue weighted by Gasteiger charge is -2.28. The third kappa shape index (κ3) is 6.12. The molecule has 6 rings (SSSR count). The van der Waals surface area contributed by atoms with Gasteiger partial charge in [0.05, 0.1) is 38.9 Å². The number of aromatic hydroxyl groups is 1. The second kappa shape index (κ2) is 11.7. The zero-order chi connectivity index (χ0) is 32.6. The second-order valence-electron chi connectivity index (χ2n) is 12.7. The first-order valence-electron chi connectivity index (χ1n) is 15.0. The van der Waals surface area contributed by atoms with E-state index in [9.17, 15) is 14.7 Å². The molecule has 232 valence electrons. The molecule has 4 aromatic carbocycles. The molecule has 1 amide bonds. The number of benzene rings is 4.